The highest BCUT2D eigenvalue weighted by atomic mass is 32.1. The Kier molecular flexibility index (Phi) is 8.79. The van der Waals surface area contributed by atoms with Crippen molar-refractivity contribution < 1.29 is 0 Å². The molecule has 65 heavy (non-hydrogen) atoms. The lowest BCUT2D eigenvalue weighted by molar-refractivity contribution is 1.32. The molecule has 0 bridgehead atoms. The minimum absolute atomic E-state index is 0.936. The van der Waals surface area contributed by atoms with E-state index in [1.165, 1.54) is 97.7 Å². The minimum atomic E-state index is 0.936. The van der Waals surface area contributed by atoms with Crippen molar-refractivity contribution in [3.05, 3.63) is 237 Å². The van der Waals surface area contributed by atoms with Gasteiger partial charge in [0.25, 0.3) is 0 Å². The third-order valence-corrected chi connectivity index (χ3v) is 14.5. The second kappa shape index (κ2) is 15.3. The van der Waals surface area contributed by atoms with Crippen LogP contribution in [0.15, 0.2) is 237 Å². The van der Waals surface area contributed by atoms with Crippen molar-refractivity contribution in [2.75, 3.05) is 0 Å². The molecule has 1 nitrogen and oxygen atoms in total. The Morgan fingerprint density at radius 1 is 0.246 bits per heavy atom. The fraction of sp³-hybridized carbons (Fsp3) is 0. The second-order valence-electron chi connectivity index (χ2n) is 17.0. The first kappa shape index (κ1) is 37.4. The van der Waals surface area contributed by atoms with Gasteiger partial charge < -0.3 is 0 Å². The van der Waals surface area contributed by atoms with Gasteiger partial charge in [-0.05, 0) is 125 Å². The van der Waals surface area contributed by atoms with E-state index in [-0.39, 0.29) is 0 Å². The molecule has 0 saturated heterocycles. The summed E-state index contributed by atoms with van der Waals surface area (Å²) in [7, 11) is 0. The van der Waals surface area contributed by atoms with Crippen molar-refractivity contribution in [1.82, 2.24) is 4.98 Å². The van der Waals surface area contributed by atoms with Crippen LogP contribution in [0.2, 0.25) is 0 Å². The Hall–Kier alpha value is -8.17. The maximum absolute atomic E-state index is 5.42. The number of rotatable bonds is 7. The number of pyridine rings is 1. The Balaban J connectivity index is 1.03. The molecule has 12 aromatic rings. The topological polar surface area (TPSA) is 12.9 Å². The molecule has 0 N–H and O–H groups in total. The van der Waals surface area contributed by atoms with Gasteiger partial charge in [0.15, 0.2) is 0 Å². The monoisotopic (exact) mass is 841 g/mol. The number of hydrogen-bond acceptors (Lipinski definition) is 2. The quantitative estimate of drug-likeness (QED) is 0.156. The molecule has 302 valence electrons. The van der Waals surface area contributed by atoms with Gasteiger partial charge >= 0.3 is 0 Å². The molecule has 0 unspecified atom stereocenters. The van der Waals surface area contributed by atoms with Gasteiger partial charge in [0.1, 0.15) is 0 Å². The summed E-state index contributed by atoms with van der Waals surface area (Å²) in [4.78, 5) is 5.42. The zero-order valence-corrected chi connectivity index (χ0v) is 36.2. The van der Waals surface area contributed by atoms with Crippen molar-refractivity contribution >= 4 is 42.3 Å². The number of benzene rings is 10. The molecule has 0 amide bonds. The van der Waals surface area contributed by atoms with E-state index in [0.29, 0.717) is 0 Å². The van der Waals surface area contributed by atoms with Crippen LogP contribution in [0.1, 0.15) is 0 Å². The first-order valence-electron chi connectivity index (χ1n) is 22.3. The molecule has 2 heteroatoms. The molecule has 2 heterocycles. The molecular weight excluding hydrogens is 803 g/mol. The van der Waals surface area contributed by atoms with Gasteiger partial charge in [-0.1, -0.05) is 200 Å². The van der Waals surface area contributed by atoms with Crippen LogP contribution in [0.3, 0.4) is 0 Å². The minimum Gasteiger partial charge on any atom is -0.248 e. The molecule has 0 spiro atoms. The molecule has 13 rings (SSSR count). The number of fused-ring (bicyclic) bond motifs is 6. The molecule has 1 aliphatic rings. The summed E-state index contributed by atoms with van der Waals surface area (Å²) < 4.78 is 2.61. The van der Waals surface area contributed by atoms with E-state index in [4.69, 9.17) is 4.98 Å². The third kappa shape index (κ3) is 6.41. The maximum Gasteiger partial charge on any atom is 0.0715 e. The smallest absolute Gasteiger partial charge is 0.0715 e. The molecular formula is C63H39NS. The largest absolute Gasteiger partial charge is 0.248 e. The van der Waals surface area contributed by atoms with Crippen molar-refractivity contribution in [3.63, 3.8) is 0 Å². The fourth-order valence-corrected chi connectivity index (χ4v) is 11.3. The highest BCUT2D eigenvalue weighted by molar-refractivity contribution is 7.26. The van der Waals surface area contributed by atoms with Crippen LogP contribution in [0.25, 0.3) is 131 Å². The number of hydrogen-bond donors (Lipinski definition) is 0. The zero-order chi connectivity index (χ0) is 42.8. The number of nitrogens with zero attached hydrogens (tertiary/aromatic N) is 1. The van der Waals surface area contributed by atoms with Gasteiger partial charge in [0.2, 0.25) is 0 Å². The van der Waals surface area contributed by atoms with Gasteiger partial charge in [-0.2, -0.15) is 0 Å². The predicted octanol–water partition coefficient (Wildman–Crippen LogP) is 17.9. The van der Waals surface area contributed by atoms with Crippen LogP contribution in [0.4, 0.5) is 0 Å². The van der Waals surface area contributed by atoms with Crippen LogP contribution < -0.4 is 0 Å². The third-order valence-electron chi connectivity index (χ3n) is 13.2. The van der Waals surface area contributed by atoms with Crippen molar-refractivity contribution in [3.8, 4) is 100 Å². The Labute approximate surface area is 382 Å². The molecule has 0 atom stereocenters. The summed E-state index contributed by atoms with van der Waals surface area (Å²) in [6, 6.07) is 86.6. The zero-order valence-electron chi connectivity index (χ0n) is 35.4. The summed E-state index contributed by atoms with van der Waals surface area (Å²) in [6.07, 6.45) is 0. The summed E-state index contributed by atoms with van der Waals surface area (Å²) in [5.41, 5.74) is 21.1. The molecule has 2 aromatic heterocycles. The maximum atomic E-state index is 5.42. The highest BCUT2D eigenvalue weighted by Crippen LogP contribution is 2.50. The normalized spacial score (nSPS) is 11.7. The van der Waals surface area contributed by atoms with Gasteiger partial charge in [-0.3, -0.25) is 0 Å². The molecule has 0 fully saturated rings. The fourth-order valence-electron chi connectivity index (χ4n) is 10.1. The van der Waals surface area contributed by atoms with Crippen molar-refractivity contribution in [2.24, 2.45) is 0 Å². The van der Waals surface area contributed by atoms with Crippen LogP contribution >= 0.6 is 11.3 Å². The molecule has 10 aromatic carbocycles. The Bertz CT molecular complexity index is 3660. The van der Waals surface area contributed by atoms with Crippen molar-refractivity contribution in [2.45, 2.75) is 0 Å². The summed E-state index contributed by atoms with van der Waals surface area (Å²) >= 11 is 1.88. The molecule has 0 saturated carbocycles. The van der Waals surface area contributed by atoms with E-state index >= 15 is 0 Å². The van der Waals surface area contributed by atoms with Crippen LogP contribution in [-0.2, 0) is 0 Å². The van der Waals surface area contributed by atoms with Crippen LogP contribution in [0, 0.1) is 0 Å². The summed E-state index contributed by atoms with van der Waals surface area (Å²) in [5, 5.41) is 5.20. The van der Waals surface area contributed by atoms with E-state index in [1.54, 1.807) is 0 Å². The van der Waals surface area contributed by atoms with E-state index in [1.807, 2.05) is 11.3 Å². The second-order valence-corrected chi connectivity index (χ2v) is 18.1. The van der Waals surface area contributed by atoms with E-state index < -0.39 is 0 Å². The molecule has 1 aliphatic carbocycles. The van der Waals surface area contributed by atoms with E-state index in [9.17, 15) is 0 Å². The molecule has 0 radical (unpaired) electrons. The van der Waals surface area contributed by atoms with Crippen LogP contribution in [0.5, 0.6) is 0 Å². The number of aromatic nitrogens is 1. The lowest BCUT2D eigenvalue weighted by atomic mass is 9.89. The summed E-state index contributed by atoms with van der Waals surface area (Å²) in [5.74, 6) is 0. The van der Waals surface area contributed by atoms with Gasteiger partial charge in [0.05, 0.1) is 11.4 Å². The average molecular weight is 842 g/mol. The lowest BCUT2D eigenvalue weighted by Crippen LogP contribution is -1.93. The SMILES string of the molecule is c1ccc(-c2ccc(-c3cc(-c4cc(-c5ccc6c7c(cccc57)-c5ccccc5-6)cc(-c5cccc6c5sc5ccccc56)c4)cc(-c4ccc(-c5ccccc5)cc4)n3)cc2)cc1. The van der Waals surface area contributed by atoms with E-state index in [0.717, 1.165) is 33.6 Å². The standard InChI is InChI=1S/C63H39NS/c1-3-13-40(14-4-1)42-25-29-44(30-26-42)59-38-47(39-60(64-59)45-31-27-43(28-32-45)41-15-5-2-6-16-41)46-35-48(37-49(36-46)51-20-11-23-58-54-19-9-10-24-61(54)65-63(51)58)50-33-34-57-53-18-8-7-17-52(53)56-22-12-21-55(50)62(56)57/h1-39H. The first-order chi connectivity index (χ1) is 32.2. The predicted molar refractivity (Wildman–Crippen MR) is 277 cm³/mol. The summed E-state index contributed by atoms with van der Waals surface area (Å²) in [6.45, 7) is 0. The Morgan fingerprint density at radius 3 is 1.32 bits per heavy atom. The van der Waals surface area contributed by atoms with Crippen molar-refractivity contribution in [1.29, 1.82) is 0 Å². The van der Waals surface area contributed by atoms with Crippen LogP contribution in [-0.4, -0.2) is 4.98 Å². The first-order valence-corrected chi connectivity index (χ1v) is 23.1. The van der Waals surface area contributed by atoms with Gasteiger partial charge in [0, 0.05) is 31.3 Å². The van der Waals surface area contributed by atoms with E-state index in [2.05, 4.69) is 237 Å². The average Bonchev–Trinajstić information content (AvgIpc) is 3.93. The highest BCUT2D eigenvalue weighted by Gasteiger charge is 2.23. The molecule has 0 aliphatic heterocycles. The lowest BCUT2D eigenvalue weighted by Gasteiger charge is -2.16. The Morgan fingerprint density at radius 2 is 0.677 bits per heavy atom. The van der Waals surface area contributed by atoms with Gasteiger partial charge in [-0.25, -0.2) is 4.98 Å². The van der Waals surface area contributed by atoms with Gasteiger partial charge in [-0.15, -0.1) is 11.3 Å². The number of thiophene rings is 1.